The summed E-state index contributed by atoms with van der Waals surface area (Å²) in [6, 6.07) is 0. The van der Waals surface area contributed by atoms with Gasteiger partial charge in [-0.2, -0.15) is 43.9 Å². The maximum absolute atomic E-state index is 11.7. The molecule has 0 N–H and O–H groups in total. The van der Waals surface area contributed by atoms with Crippen molar-refractivity contribution in [2.75, 3.05) is 0 Å². The van der Waals surface area contributed by atoms with Crippen molar-refractivity contribution in [3.05, 3.63) is 23.3 Å². The van der Waals surface area contributed by atoms with Gasteiger partial charge in [-0.05, 0) is 0 Å². The highest BCUT2D eigenvalue weighted by Crippen LogP contribution is 2.44. The lowest BCUT2D eigenvalue weighted by atomic mass is 10.1. The van der Waals surface area contributed by atoms with Crippen LogP contribution in [0.5, 0.6) is 0 Å². The Morgan fingerprint density at radius 2 is 0.688 bits per heavy atom. The van der Waals surface area contributed by atoms with E-state index < -0.39 is 35.7 Å². The Hall–Kier alpha value is -1.22. The first-order valence-corrected chi connectivity index (χ1v) is 3.14. The van der Waals surface area contributed by atoms with E-state index in [2.05, 4.69) is 0 Å². The normalized spacial score (nSPS) is 12.4. The van der Waals surface area contributed by atoms with Crippen LogP contribution in [0.3, 0.4) is 0 Å². The van der Waals surface area contributed by atoms with Crippen molar-refractivity contribution in [3.63, 3.8) is 0 Å². The lowest BCUT2D eigenvalue weighted by molar-refractivity contribution is -0.123. The Balaban J connectivity index is 5.95. The average Bonchev–Trinajstić information content (AvgIpc) is 1.92. The summed E-state index contributed by atoms with van der Waals surface area (Å²) < 4.78 is 117. The number of hydrogen-bond donors (Lipinski definition) is 0. The molecular weight excluding hydrogens is 262 g/mol. The summed E-state index contributed by atoms with van der Waals surface area (Å²) in [5.41, 5.74) is -7.36. The van der Waals surface area contributed by atoms with E-state index in [1.807, 2.05) is 0 Å². The lowest BCUT2D eigenvalue weighted by Crippen LogP contribution is -2.24. The van der Waals surface area contributed by atoms with Gasteiger partial charge in [-0.15, -0.1) is 0 Å². The molecule has 0 unspecified atom stereocenters. The molecule has 0 aliphatic rings. The topological polar surface area (TPSA) is 0 Å². The van der Waals surface area contributed by atoms with E-state index in [0.717, 1.165) is 0 Å². The third kappa shape index (κ3) is 3.42. The van der Waals surface area contributed by atoms with Crippen LogP contribution in [-0.4, -0.2) is 12.4 Å². The van der Waals surface area contributed by atoms with Gasteiger partial charge in [-0.3, -0.25) is 0 Å². The molecule has 0 rings (SSSR count). The van der Waals surface area contributed by atoms with E-state index in [4.69, 9.17) is 0 Å². The van der Waals surface area contributed by atoms with E-state index in [9.17, 15) is 43.9 Å². The van der Waals surface area contributed by atoms with Crippen LogP contribution in [0.1, 0.15) is 0 Å². The molecule has 0 aromatic heterocycles. The van der Waals surface area contributed by atoms with Crippen LogP contribution in [0, 0.1) is 0 Å². The molecule has 0 saturated heterocycles. The molecule has 0 nitrogen and oxygen atoms in total. The van der Waals surface area contributed by atoms with Gasteiger partial charge in [0, 0.05) is 0 Å². The van der Waals surface area contributed by atoms with Gasteiger partial charge in [-0.1, -0.05) is 0 Å². The van der Waals surface area contributed by atoms with Gasteiger partial charge in [0.25, 0.3) is 12.2 Å². The van der Waals surface area contributed by atoms with Crippen molar-refractivity contribution in [3.8, 4) is 0 Å². The molecule has 0 heterocycles. The highest BCUT2D eigenvalue weighted by atomic mass is 19.4. The summed E-state index contributed by atoms with van der Waals surface area (Å²) in [4.78, 5) is 0. The maximum atomic E-state index is 11.7. The van der Waals surface area contributed by atoms with Crippen molar-refractivity contribution in [1.29, 1.82) is 0 Å². The molecule has 0 aromatic carbocycles. The molecule has 0 radical (unpaired) electrons. The highest BCUT2D eigenvalue weighted by Gasteiger charge is 2.52. The molecule has 0 aliphatic carbocycles. The molecule has 0 fully saturated rings. The minimum atomic E-state index is -6.23. The molecule has 0 aliphatic heterocycles. The molecule has 16 heavy (non-hydrogen) atoms. The summed E-state index contributed by atoms with van der Waals surface area (Å²) in [6.07, 6.45) is -20.2. The fourth-order valence-electron chi connectivity index (χ4n) is 0.687. The molecule has 0 atom stereocenters. The Morgan fingerprint density at radius 3 is 0.750 bits per heavy atom. The van der Waals surface area contributed by atoms with E-state index in [1.165, 1.54) is 0 Å². The molecule has 0 aromatic rings. The number of rotatable bonds is 1. The van der Waals surface area contributed by atoms with Gasteiger partial charge in [0.15, 0.2) is 0 Å². The number of allylic oxidation sites excluding steroid dienone is 2. The van der Waals surface area contributed by atoms with Crippen LogP contribution in [0.15, 0.2) is 23.3 Å². The highest BCUT2D eigenvalue weighted by molar-refractivity contribution is 5.39. The zero-order chi connectivity index (χ0) is 13.3. The molecule has 94 valence electrons. The second kappa shape index (κ2) is 4.34. The zero-order valence-corrected chi connectivity index (χ0v) is 6.78. The zero-order valence-electron chi connectivity index (χ0n) is 6.78. The monoisotopic (exact) mass is 262 g/mol. The Labute approximate surface area is 80.8 Å². The number of hydrogen-bond acceptors (Lipinski definition) is 0. The van der Waals surface area contributed by atoms with E-state index in [-0.39, 0.29) is 0 Å². The van der Waals surface area contributed by atoms with E-state index >= 15 is 0 Å². The minimum absolute atomic E-state index is 3.68. The first-order chi connectivity index (χ1) is 6.89. The van der Waals surface area contributed by atoms with Gasteiger partial charge in [0.2, 0.25) is 0 Å². The second-order valence-corrected chi connectivity index (χ2v) is 2.27. The molecule has 0 amide bonds. The van der Waals surface area contributed by atoms with Crippen LogP contribution in [0.4, 0.5) is 43.9 Å². The summed E-state index contributed by atoms with van der Waals surface area (Å²) in [7, 11) is 0. The fourth-order valence-corrected chi connectivity index (χ4v) is 0.687. The summed E-state index contributed by atoms with van der Waals surface area (Å²) >= 11 is 0. The smallest absolute Gasteiger partial charge is 0.173 e. The summed E-state index contributed by atoms with van der Waals surface area (Å²) in [5.74, 6) is 0. The largest absolute Gasteiger partial charge is 0.422 e. The number of alkyl halides is 6. The van der Waals surface area contributed by atoms with Gasteiger partial charge >= 0.3 is 12.4 Å². The summed E-state index contributed by atoms with van der Waals surface area (Å²) in [5, 5.41) is 0. The molecular formula is C6F10. The third-order valence-electron chi connectivity index (χ3n) is 1.19. The van der Waals surface area contributed by atoms with Gasteiger partial charge in [0.05, 0.1) is 0 Å². The quantitative estimate of drug-likeness (QED) is 0.485. The van der Waals surface area contributed by atoms with Crippen LogP contribution in [0.25, 0.3) is 0 Å². The molecule has 0 bridgehead atoms. The Bertz CT molecular complexity index is 284. The molecule has 10 heteroatoms. The first kappa shape index (κ1) is 14.8. The fraction of sp³-hybridized carbons (Fsp3) is 0.333. The van der Waals surface area contributed by atoms with E-state index in [0.29, 0.717) is 0 Å². The van der Waals surface area contributed by atoms with Crippen LogP contribution in [0.2, 0.25) is 0 Å². The SMILES string of the molecule is FC(F)=C(C(=C(F)F)C(F)(F)F)C(F)(F)F. The van der Waals surface area contributed by atoms with Crippen molar-refractivity contribution in [2.24, 2.45) is 0 Å². The summed E-state index contributed by atoms with van der Waals surface area (Å²) in [6.45, 7) is 0. The first-order valence-electron chi connectivity index (χ1n) is 3.14. The Kier molecular flexibility index (Phi) is 4.01. The third-order valence-corrected chi connectivity index (χ3v) is 1.19. The Morgan fingerprint density at radius 1 is 0.500 bits per heavy atom. The standard InChI is InChI=1S/C6F10/c7-3(8)1(5(11,12)13)2(4(9)10)6(14,15)16. The van der Waals surface area contributed by atoms with Crippen LogP contribution < -0.4 is 0 Å². The van der Waals surface area contributed by atoms with Crippen molar-refractivity contribution < 1.29 is 43.9 Å². The second-order valence-electron chi connectivity index (χ2n) is 2.27. The van der Waals surface area contributed by atoms with Crippen molar-refractivity contribution in [1.82, 2.24) is 0 Å². The maximum Gasteiger partial charge on any atom is 0.422 e. The van der Waals surface area contributed by atoms with Gasteiger partial charge < -0.3 is 0 Å². The average molecular weight is 262 g/mol. The van der Waals surface area contributed by atoms with Gasteiger partial charge in [-0.25, -0.2) is 0 Å². The predicted octanol–water partition coefficient (Wildman–Crippen LogP) is 4.41. The molecule has 0 spiro atoms. The van der Waals surface area contributed by atoms with Gasteiger partial charge in [0.1, 0.15) is 11.1 Å². The van der Waals surface area contributed by atoms with Crippen LogP contribution >= 0.6 is 0 Å². The predicted molar refractivity (Wildman–Crippen MR) is 30.6 cm³/mol. The lowest BCUT2D eigenvalue weighted by Gasteiger charge is -2.15. The van der Waals surface area contributed by atoms with Crippen LogP contribution in [-0.2, 0) is 0 Å². The molecule has 0 saturated carbocycles. The minimum Gasteiger partial charge on any atom is -0.173 e. The van der Waals surface area contributed by atoms with Crippen molar-refractivity contribution in [2.45, 2.75) is 12.4 Å². The number of halogens is 10. The van der Waals surface area contributed by atoms with E-state index in [1.54, 1.807) is 0 Å². The van der Waals surface area contributed by atoms with Crippen molar-refractivity contribution >= 4 is 0 Å².